The van der Waals surface area contributed by atoms with Crippen LogP contribution in [0.25, 0.3) is 11.2 Å². The molecule has 1 saturated heterocycles. The van der Waals surface area contributed by atoms with Crippen LogP contribution in [0.3, 0.4) is 0 Å². The second-order valence-electron chi connectivity index (χ2n) is 5.52. The number of thiol groups is 1. The van der Waals surface area contributed by atoms with Crippen molar-refractivity contribution in [3.05, 3.63) is 12.2 Å². The first-order valence-corrected chi connectivity index (χ1v) is 8.20. The summed E-state index contributed by atoms with van der Waals surface area (Å²) >= 11 is 4.24. The summed E-state index contributed by atoms with van der Waals surface area (Å²) in [6.07, 6.45) is 0.777. The van der Waals surface area contributed by atoms with Gasteiger partial charge in [0.25, 0.3) is 0 Å². The molecular formula is C14H21N5O3S. The predicted octanol–water partition coefficient (Wildman–Crippen LogP) is 0.564. The number of fused-ring (bicyclic) bond motifs is 1. The molecule has 0 spiro atoms. The lowest BCUT2D eigenvalue weighted by Gasteiger charge is -2.22. The molecule has 4 atom stereocenters. The number of nitrogen functional groups attached to an aromatic ring is 1. The second-order valence-corrected chi connectivity index (χ2v) is 5.88. The molecule has 9 heteroatoms. The summed E-state index contributed by atoms with van der Waals surface area (Å²) in [5, 5.41) is 10.4. The van der Waals surface area contributed by atoms with E-state index in [2.05, 4.69) is 34.5 Å². The van der Waals surface area contributed by atoms with Gasteiger partial charge in [-0.1, -0.05) is 6.92 Å². The molecule has 1 aliphatic rings. The van der Waals surface area contributed by atoms with E-state index < -0.39 is 24.5 Å². The molecule has 0 unspecified atom stereocenters. The van der Waals surface area contributed by atoms with Crippen LogP contribution in [0.15, 0.2) is 6.33 Å². The summed E-state index contributed by atoms with van der Waals surface area (Å²) in [5.41, 5.74) is 7.04. The first-order chi connectivity index (χ1) is 11.1. The molecule has 1 aliphatic heterocycles. The van der Waals surface area contributed by atoms with Crippen molar-refractivity contribution < 1.29 is 14.6 Å². The highest BCUT2D eigenvalue weighted by molar-refractivity contribution is 7.80. The molecule has 0 aliphatic carbocycles. The molecular weight excluding hydrogens is 318 g/mol. The van der Waals surface area contributed by atoms with Gasteiger partial charge in [0.15, 0.2) is 23.2 Å². The maximum absolute atomic E-state index is 10.4. The molecule has 3 rings (SSSR count). The van der Waals surface area contributed by atoms with E-state index in [9.17, 15) is 5.11 Å². The number of hydrogen-bond acceptors (Lipinski definition) is 8. The zero-order valence-corrected chi connectivity index (χ0v) is 14.0. The fourth-order valence-corrected chi connectivity index (χ4v) is 3.27. The maximum atomic E-state index is 10.4. The molecule has 0 bridgehead atoms. The molecule has 8 nitrogen and oxygen atoms in total. The van der Waals surface area contributed by atoms with Crippen molar-refractivity contribution in [1.82, 2.24) is 19.5 Å². The number of ether oxygens (including phenoxy) is 2. The largest absolute Gasteiger partial charge is 0.387 e. The quantitative estimate of drug-likeness (QED) is 0.683. The van der Waals surface area contributed by atoms with Crippen LogP contribution < -0.4 is 5.73 Å². The number of hydrogen-bond donors (Lipinski definition) is 3. The lowest BCUT2D eigenvalue weighted by Crippen LogP contribution is -2.34. The van der Waals surface area contributed by atoms with Gasteiger partial charge in [0.2, 0.25) is 0 Å². The van der Waals surface area contributed by atoms with Crippen molar-refractivity contribution in [3.8, 4) is 0 Å². The molecule has 2 aromatic rings. The highest BCUT2D eigenvalue weighted by Crippen LogP contribution is 2.35. The number of aliphatic hydroxyl groups excluding tert-OH is 1. The molecule has 2 aromatic heterocycles. The second kappa shape index (κ2) is 6.60. The van der Waals surface area contributed by atoms with Gasteiger partial charge in [-0.25, -0.2) is 15.0 Å². The molecule has 126 valence electrons. The first-order valence-electron chi connectivity index (χ1n) is 7.56. The van der Waals surface area contributed by atoms with E-state index in [0.29, 0.717) is 22.7 Å². The Morgan fingerprint density at radius 3 is 2.91 bits per heavy atom. The van der Waals surface area contributed by atoms with Crippen molar-refractivity contribution >= 4 is 29.6 Å². The van der Waals surface area contributed by atoms with E-state index in [1.165, 1.54) is 6.33 Å². The number of nitrogens with two attached hydrogens (primary N) is 1. The highest BCUT2D eigenvalue weighted by atomic mass is 32.1. The van der Waals surface area contributed by atoms with Crippen LogP contribution in [0.1, 0.15) is 25.4 Å². The number of aryl methyl sites for hydroxylation is 1. The van der Waals surface area contributed by atoms with E-state index in [0.717, 1.165) is 18.7 Å². The highest BCUT2D eigenvalue weighted by Gasteiger charge is 2.45. The summed E-state index contributed by atoms with van der Waals surface area (Å²) in [7, 11) is 1.55. The topological polar surface area (TPSA) is 108 Å². The minimum atomic E-state index is -0.770. The lowest BCUT2D eigenvalue weighted by molar-refractivity contribution is -0.0480. The number of aromatic nitrogens is 4. The van der Waals surface area contributed by atoms with Crippen LogP contribution in [0.5, 0.6) is 0 Å². The average molecular weight is 339 g/mol. The van der Waals surface area contributed by atoms with Gasteiger partial charge in [-0.05, 0) is 6.42 Å². The third-order valence-corrected chi connectivity index (χ3v) is 4.43. The number of methoxy groups -OCH3 is 1. The molecule has 23 heavy (non-hydrogen) atoms. The molecule has 3 heterocycles. The van der Waals surface area contributed by atoms with E-state index >= 15 is 0 Å². The van der Waals surface area contributed by atoms with Crippen molar-refractivity contribution in [2.45, 2.75) is 44.3 Å². The van der Waals surface area contributed by atoms with Crippen LogP contribution in [0.4, 0.5) is 5.82 Å². The van der Waals surface area contributed by atoms with Gasteiger partial charge in [-0.15, -0.1) is 0 Å². The Morgan fingerprint density at radius 2 is 2.26 bits per heavy atom. The third kappa shape index (κ3) is 2.67. The maximum Gasteiger partial charge on any atom is 0.167 e. The Balaban J connectivity index is 2.14. The van der Waals surface area contributed by atoms with Gasteiger partial charge in [-0.2, -0.15) is 12.6 Å². The van der Waals surface area contributed by atoms with E-state index in [1.807, 2.05) is 4.57 Å². The minimum Gasteiger partial charge on any atom is -0.387 e. The Kier molecular flexibility index (Phi) is 4.72. The third-order valence-electron chi connectivity index (χ3n) is 4.07. The van der Waals surface area contributed by atoms with Gasteiger partial charge in [0.05, 0.1) is 6.10 Å². The predicted molar refractivity (Wildman–Crippen MR) is 88.3 cm³/mol. The first kappa shape index (κ1) is 16.4. The van der Waals surface area contributed by atoms with Gasteiger partial charge < -0.3 is 20.3 Å². The van der Waals surface area contributed by atoms with Crippen molar-refractivity contribution in [1.29, 1.82) is 0 Å². The smallest absolute Gasteiger partial charge is 0.167 e. The Morgan fingerprint density at radius 1 is 1.48 bits per heavy atom. The van der Waals surface area contributed by atoms with Gasteiger partial charge in [0, 0.05) is 19.3 Å². The van der Waals surface area contributed by atoms with E-state index in [-0.39, 0.29) is 0 Å². The van der Waals surface area contributed by atoms with Crippen molar-refractivity contribution in [2.24, 2.45) is 0 Å². The number of nitrogens with zero attached hydrogens (tertiary/aromatic N) is 4. The van der Waals surface area contributed by atoms with Crippen LogP contribution in [0, 0.1) is 0 Å². The van der Waals surface area contributed by atoms with Gasteiger partial charge in [0.1, 0.15) is 24.4 Å². The van der Waals surface area contributed by atoms with E-state index in [1.54, 1.807) is 7.11 Å². The molecule has 1 fully saturated rings. The van der Waals surface area contributed by atoms with Crippen LogP contribution in [0.2, 0.25) is 0 Å². The molecule has 0 saturated carbocycles. The Hall–Kier alpha value is -1.42. The zero-order valence-electron chi connectivity index (χ0n) is 13.1. The normalized spacial score (nSPS) is 27.8. The standard InChI is InChI=1S/C14H21N5O3S/c1-3-4-8-18-9-12(15)16-6-17-13(9)19(8)14-11(21-2)10(20)7(5-23)22-14/h6-7,10-11,14,20,23H,3-5H2,1-2H3,(H2,15,16,17)/t7-,10-,11-,14-/m1/s1. The molecule has 0 aromatic carbocycles. The minimum absolute atomic E-state index is 0.323. The summed E-state index contributed by atoms with van der Waals surface area (Å²) in [5.74, 6) is 1.50. The fourth-order valence-electron chi connectivity index (χ4n) is 2.97. The van der Waals surface area contributed by atoms with Gasteiger partial charge in [-0.3, -0.25) is 4.57 Å². The van der Waals surface area contributed by atoms with Crippen LogP contribution >= 0.6 is 12.6 Å². The SMILES string of the molecule is CCCc1nc2c(N)ncnc2n1[C@@H]1O[C@H](CS)[C@@H](O)[C@H]1OC. The van der Waals surface area contributed by atoms with Gasteiger partial charge >= 0.3 is 0 Å². The van der Waals surface area contributed by atoms with Crippen molar-refractivity contribution in [3.63, 3.8) is 0 Å². The van der Waals surface area contributed by atoms with E-state index in [4.69, 9.17) is 15.2 Å². The summed E-state index contributed by atoms with van der Waals surface area (Å²) in [4.78, 5) is 12.9. The Labute approximate surface area is 139 Å². The monoisotopic (exact) mass is 339 g/mol. The molecule has 3 N–H and O–H groups in total. The average Bonchev–Trinajstić information content (AvgIpc) is 3.05. The number of rotatable bonds is 5. The number of imidazole rings is 1. The fraction of sp³-hybridized carbons (Fsp3) is 0.643. The van der Waals surface area contributed by atoms with Crippen molar-refractivity contribution in [2.75, 3.05) is 18.6 Å². The number of anilines is 1. The Bertz CT molecular complexity index is 694. The van der Waals surface area contributed by atoms with Crippen LogP contribution in [-0.2, 0) is 15.9 Å². The number of aliphatic hydroxyl groups is 1. The zero-order chi connectivity index (χ0) is 16.6. The van der Waals surface area contributed by atoms with Crippen LogP contribution in [-0.4, -0.2) is 55.8 Å². The molecule has 0 radical (unpaired) electrons. The summed E-state index contributed by atoms with van der Waals surface area (Å²) in [6.45, 7) is 2.06. The lowest BCUT2D eigenvalue weighted by atomic mass is 10.1. The molecule has 0 amide bonds. The summed E-state index contributed by atoms with van der Waals surface area (Å²) < 4.78 is 13.3. The summed E-state index contributed by atoms with van der Waals surface area (Å²) in [6, 6.07) is 0.